The third-order valence-corrected chi connectivity index (χ3v) is 2.61. The second-order valence-electron chi connectivity index (χ2n) is 3.39. The van der Waals surface area contributed by atoms with Gasteiger partial charge in [0, 0.05) is 25.1 Å². The molecule has 2 aromatic rings. The molecule has 0 fully saturated rings. The lowest BCUT2D eigenvalue weighted by Gasteiger charge is -2.12. The largest absolute Gasteiger partial charge is 0.380 e. The van der Waals surface area contributed by atoms with Gasteiger partial charge in [-0.3, -0.25) is 0 Å². The number of hydrogen-bond acceptors (Lipinski definition) is 3. The monoisotopic (exact) mass is 237 g/mol. The highest BCUT2D eigenvalue weighted by atomic mass is 35.5. The zero-order chi connectivity index (χ0) is 11.5. The summed E-state index contributed by atoms with van der Waals surface area (Å²) in [4.78, 5) is 8.02. The molecule has 16 heavy (non-hydrogen) atoms. The van der Waals surface area contributed by atoms with Gasteiger partial charge in [-0.05, 0) is 24.6 Å². The predicted molar refractivity (Wildman–Crippen MR) is 61.2 cm³/mol. The molecule has 2 aromatic heterocycles. The Labute approximate surface area is 98.5 Å². The van der Waals surface area contributed by atoms with Gasteiger partial charge in [-0.25, -0.2) is 9.97 Å². The average molecular weight is 238 g/mol. The number of imidazole rings is 1. The molecule has 1 N–H and O–H groups in total. The van der Waals surface area contributed by atoms with Crippen LogP contribution in [-0.2, 0) is 6.54 Å². The quantitative estimate of drug-likeness (QED) is 0.832. The summed E-state index contributed by atoms with van der Waals surface area (Å²) in [5, 5.41) is 10.5. The van der Waals surface area contributed by atoms with Gasteiger partial charge in [-0.1, -0.05) is 11.6 Å². The van der Waals surface area contributed by atoms with Crippen LogP contribution >= 0.6 is 11.6 Å². The normalized spacial score (nSPS) is 12.7. The number of aromatic nitrogens is 3. The van der Waals surface area contributed by atoms with E-state index in [4.69, 9.17) is 11.6 Å². The summed E-state index contributed by atoms with van der Waals surface area (Å²) in [5.74, 6) is 0.616. The molecule has 1 unspecified atom stereocenters. The molecule has 0 radical (unpaired) electrons. The Hall–Kier alpha value is -1.39. The van der Waals surface area contributed by atoms with Crippen LogP contribution in [0.4, 0.5) is 0 Å². The van der Waals surface area contributed by atoms with Crippen LogP contribution in [0, 0.1) is 0 Å². The molecule has 0 aromatic carbocycles. The van der Waals surface area contributed by atoms with Gasteiger partial charge in [0.2, 0.25) is 0 Å². The van der Waals surface area contributed by atoms with Crippen LogP contribution in [0.5, 0.6) is 0 Å². The summed E-state index contributed by atoms with van der Waals surface area (Å²) in [5.41, 5.74) is 0.695. The Kier molecular flexibility index (Phi) is 3.22. The van der Waals surface area contributed by atoms with E-state index in [0.717, 1.165) is 6.54 Å². The van der Waals surface area contributed by atoms with E-state index in [-0.39, 0.29) is 0 Å². The van der Waals surface area contributed by atoms with Gasteiger partial charge in [-0.15, -0.1) is 0 Å². The fourth-order valence-electron chi connectivity index (χ4n) is 1.57. The van der Waals surface area contributed by atoms with E-state index in [2.05, 4.69) is 9.97 Å². The van der Waals surface area contributed by atoms with Crippen LogP contribution in [0.1, 0.15) is 24.4 Å². The molecule has 0 amide bonds. The Morgan fingerprint density at radius 2 is 2.25 bits per heavy atom. The first-order valence-corrected chi connectivity index (χ1v) is 5.40. The number of halogens is 1. The smallest absolute Gasteiger partial charge is 0.142 e. The van der Waals surface area contributed by atoms with Gasteiger partial charge in [0.1, 0.15) is 17.1 Å². The number of nitrogens with zero attached hydrogens (tertiary/aromatic N) is 3. The molecule has 1 atom stereocenters. The van der Waals surface area contributed by atoms with Crippen LogP contribution in [0.25, 0.3) is 0 Å². The molecular formula is C11H12ClN3O. The first-order valence-electron chi connectivity index (χ1n) is 5.03. The molecule has 0 bridgehead atoms. The molecule has 2 rings (SSSR count). The molecule has 0 spiro atoms. The highest BCUT2D eigenvalue weighted by Crippen LogP contribution is 2.21. The van der Waals surface area contributed by atoms with Crippen LogP contribution in [0.3, 0.4) is 0 Å². The number of aliphatic hydroxyl groups is 1. The van der Waals surface area contributed by atoms with Crippen LogP contribution in [-0.4, -0.2) is 19.6 Å². The number of pyridine rings is 1. The van der Waals surface area contributed by atoms with Gasteiger partial charge < -0.3 is 9.67 Å². The van der Waals surface area contributed by atoms with Crippen molar-refractivity contribution in [3.05, 3.63) is 47.3 Å². The van der Waals surface area contributed by atoms with Crippen molar-refractivity contribution in [2.45, 2.75) is 19.6 Å². The van der Waals surface area contributed by atoms with E-state index in [1.54, 1.807) is 24.5 Å². The number of aliphatic hydroxyl groups excluding tert-OH is 1. The van der Waals surface area contributed by atoms with Crippen LogP contribution in [0.15, 0.2) is 30.7 Å². The van der Waals surface area contributed by atoms with Crippen LogP contribution in [0.2, 0.25) is 5.15 Å². The molecule has 0 aliphatic heterocycles. The summed E-state index contributed by atoms with van der Waals surface area (Å²) in [6.07, 6.45) is 4.31. The summed E-state index contributed by atoms with van der Waals surface area (Å²) in [6, 6.07) is 3.37. The molecular weight excluding hydrogens is 226 g/mol. The second kappa shape index (κ2) is 4.63. The minimum Gasteiger partial charge on any atom is -0.380 e. The first kappa shape index (κ1) is 11.1. The van der Waals surface area contributed by atoms with Crippen molar-refractivity contribution < 1.29 is 5.11 Å². The second-order valence-corrected chi connectivity index (χ2v) is 3.77. The molecule has 5 heteroatoms. The summed E-state index contributed by atoms with van der Waals surface area (Å²) in [6.45, 7) is 2.77. The number of hydrogen-bond donors (Lipinski definition) is 1. The Balaban J connectivity index is 2.35. The molecule has 4 nitrogen and oxygen atoms in total. The number of rotatable bonds is 3. The lowest BCUT2D eigenvalue weighted by atomic mass is 10.1. The van der Waals surface area contributed by atoms with Crippen LogP contribution < -0.4 is 0 Å². The van der Waals surface area contributed by atoms with Crippen molar-refractivity contribution >= 4 is 11.6 Å². The third kappa shape index (κ3) is 2.08. The SMILES string of the molecule is CCn1ccnc1C(O)c1ccnc(Cl)c1. The lowest BCUT2D eigenvalue weighted by molar-refractivity contribution is 0.204. The van der Waals surface area contributed by atoms with E-state index in [1.807, 2.05) is 17.7 Å². The standard InChI is InChI=1S/C11H12ClN3O/c1-2-15-6-5-14-11(15)10(16)8-3-4-13-9(12)7-8/h3-7,10,16H,2H2,1H3. The van der Waals surface area contributed by atoms with Gasteiger partial charge in [0.25, 0.3) is 0 Å². The highest BCUT2D eigenvalue weighted by Gasteiger charge is 2.15. The minimum atomic E-state index is -0.768. The van der Waals surface area contributed by atoms with Crippen molar-refractivity contribution in [3.8, 4) is 0 Å². The van der Waals surface area contributed by atoms with E-state index in [0.29, 0.717) is 16.5 Å². The van der Waals surface area contributed by atoms with E-state index >= 15 is 0 Å². The maximum Gasteiger partial charge on any atom is 0.142 e. The minimum absolute atomic E-state index is 0.367. The Morgan fingerprint density at radius 1 is 1.44 bits per heavy atom. The topological polar surface area (TPSA) is 50.9 Å². The zero-order valence-electron chi connectivity index (χ0n) is 8.84. The highest BCUT2D eigenvalue weighted by molar-refractivity contribution is 6.29. The van der Waals surface area contributed by atoms with E-state index in [9.17, 15) is 5.11 Å². The van der Waals surface area contributed by atoms with E-state index < -0.39 is 6.10 Å². The molecule has 0 aliphatic carbocycles. The van der Waals surface area contributed by atoms with Crippen molar-refractivity contribution in [2.75, 3.05) is 0 Å². The summed E-state index contributed by atoms with van der Waals surface area (Å²) < 4.78 is 1.89. The zero-order valence-corrected chi connectivity index (χ0v) is 9.59. The summed E-state index contributed by atoms with van der Waals surface area (Å²) >= 11 is 5.77. The molecule has 84 valence electrons. The van der Waals surface area contributed by atoms with Crippen molar-refractivity contribution in [1.82, 2.24) is 14.5 Å². The van der Waals surface area contributed by atoms with Crippen molar-refractivity contribution in [3.63, 3.8) is 0 Å². The lowest BCUT2D eigenvalue weighted by Crippen LogP contribution is -2.08. The molecule has 0 saturated carbocycles. The molecule has 2 heterocycles. The molecule has 0 saturated heterocycles. The van der Waals surface area contributed by atoms with Crippen molar-refractivity contribution in [2.24, 2.45) is 0 Å². The van der Waals surface area contributed by atoms with Crippen molar-refractivity contribution in [1.29, 1.82) is 0 Å². The summed E-state index contributed by atoms with van der Waals surface area (Å²) in [7, 11) is 0. The number of aryl methyl sites for hydroxylation is 1. The predicted octanol–water partition coefficient (Wildman–Crippen LogP) is 2.03. The Bertz CT molecular complexity index is 484. The van der Waals surface area contributed by atoms with Gasteiger partial charge in [-0.2, -0.15) is 0 Å². The average Bonchev–Trinajstić information content (AvgIpc) is 2.76. The Morgan fingerprint density at radius 3 is 2.94 bits per heavy atom. The first-order chi connectivity index (χ1) is 7.72. The maximum absolute atomic E-state index is 10.1. The van der Waals surface area contributed by atoms with Gasteiger partial charge >= 0.3 is 0 Å². The fourth-order valence-corrected chi connectivity index (χ4v) is 1.75. The molecule has 0 aliphatic rings. The fraction of sp³-hybridized carbons (Fsp3) is 0.273. The van der Waals surface area contributed by atoms with Gasteiger partial charge in [0.05, 0.1) is 0 Å². The van der Waals surface area contributed by atoms with Gasteiger partial charge in [0.15, 0.2) is 0 Å². The maximum atomic E-state index is 10.1. The van der Waals surface area contributed by atoms with E-state index in [1.165, 1.54) is 0 Å². The third-order valence-electron chi connectivity index (χ3n) is 2.40.